The molecular weight excluding hydrogens is 286 g/mol. The Balaban J connectivity index is 1.99. The van der Waals surface area contributed by atoms with Gasteiger partial charge < -0.3 is 4.74 Å². The molecule has 0 saturated carbocycles. The summed E-state index contributed by atoms with van der Waals surface area (Å²) in [6.07, 6.45) is 6.15. The van der Waals surface area contributed by atoms with Crippen LogP contribution in [0.4, 0.5) is 0 Å². The van der Waals surface area contributed by atoms with Crippen LogP contribution in [0.15, 0.2) is 72.3 Å². The van der Waals surface area contributed by atoms with Crippen molar-refractivity contribution in [3.63, 3.8) is 0 Å². The molecule has 0 N–H and O–H groups in total. The van der Waals surface area contributed by atoms with Crippen molar-refractivity contribution in [2.24, 2.45) is 0 Å². The number of ether oxygens (including phenoxy) is 1. The number of nitriles is 1. The Morgan fingerprint density at radius 1 is 0.913 bits per heavy atom. The van der Waals surface area contributed by atoms with Crippen LogP contribution in [0.3, 0.4) is 0 Å². The summed E-state index contributed by atoms with van der Waals surface area (Å²) in [4.78, 5) is 11.6. The molecule has 0 unspecified atom stereocenters. The number of carbonyl (C=O) groups is 1. The van der Waals surface area contributed by atoms with Crippen LogP contribution in [-0.2, 0) is 22.4 Å². The monoisotopic (exact) mass is 305 g/mol. The molecule has 0 aliphatic carbocycles. The van der Waals surface area contributed by atoms with Crippen LogP contribution in [0.5, 0.6) is 0 Å². The second kappa shape index (κ2) is 9.22. The molecule has 0 atom stereocenters. The molecule has 0 saturated heterocycles. The molecule has 0 amide bonds. The second-order valence-corrected chi connectivity index (χ2v) is 5.29. The Kier molecular flexibility index (Phi) is 6.62. The van der Waals surface area contributed by atoms with E-state index < -0.39 is 5.97 Å². The van der Waals surface area contributed by atoms with E-state index in [-0.39, 0.29) is 0 Å². The quantitative estimate of drug-likeness (QED) is 0.437. The van der Waals surface area contributed by atoms with Gasteiger partial charge in [-0.15, -0.1) is 5.26 Å². The van der Waals surface area contributed by atoms with E-state index in [2.05, 4.69) is 29.0 Å². The molecule has 0 aliphatic rings. The fraction of sp³-hybridized carbons (Fsp3) is 0.200. The van der Waals surface area contributed by atoms with E-state index >= 15 is 0 Å². The summed E-state index contributed by atoms with van der Waals surface area (Å²) in [5.74, 6) is -0.594. The van der Waals surface area contributed by atoms with Gasteiger partial charge >= 0.3 is 5.97 Å². The van der Waals surface area contributed by atoms with Crippen molar-refractivity contribution < 1.29 is 9.53 Å². The summed E-state index contributed by atoms with van der Waals surface area (Å²) in [5.41, 5.74) is 3.46. The standard InChI is InChI=1S/C20H19NO2/c21-16-23-20(22)15-19(13-11-17-7-3-1-4-8-17)14-12-18-9-5-2-6-10-18/h1-10,15H,11-14H2. The van der Waals surface area contributed by atoms with Gasteiger partial charge in [0.15, 0.2) is 0 Å². The zero-order chi connectivity index (χ0) is 16.3. The molecule has 23 heavy (non-hydrogen) atoms. The minimum Gasteiger partial charge on any atom is -0.347 e. The van der Waals surface area contributed by atoms with Crippen molar-refractivity contribution in [2.45, 2.75) is 25.7 Å². The number of hydrogen-bond acceptors (Lipinski definition) is 3. The van der Waals surface area contributed by atoms with Crippen molar-refractivity contribution in [1.82, 2.24) is 0 Å². The molecule has 0 bridgehead atoms. The van der Waals surface area contributed by atoms with E-state index in [1.807, 2.05) is 36.4 Å². The minimum atomic E-state index is -0.594. The minimum absolute atomic E-state index is 0.594. The van der Waals surface area contributed by atoms with Crippen LogP contribution in [-0.4, -0.2) is 5.97 Å². The Bertz CT molecular complexity index is 639. The molecule has 3 nitrogen and oxygen atoms in total. The van der Waals surface area contributed by atoms with Crippen LogP contribution in [0.2, 0.25) is 0 Å². The fourth-order valence-electron chi connectivity index (χ4n) is 2.41. The summed E-state index contributed by atoms with van der Waals surface area (Å²) in [6, 6.07) is 20.3. The summed E-state index contributed by atoms with van der Waals surface area (Å²) in [6.45, 7) is 0. The summed E-state index contributed by atoms with van der Waals surface area (Å²) in [7, 11) is 0. The van der Waals surface area contributed by atoms with Gasteiger partial charge in [-0.2, -0.15) is 0 Å². The first kappa shape index (κ1) is 16.5. The lowest BCUT2D eigenvalue weighted by Crippen LogP contribution is -2.00. The highest BCUT2D eigenvalue weighted by Gasteiger charge is 2.05. The molecule has 0 aliphatic heterocycles. The smallest absolute Gasteiger partial charge is 0.346 e. The Morgan fingerprint density at radius 2 is 1.39 bits per heavy atom. The summed E-state index contributed by atoms with van der Waals surface area (Å²) in [5, 5.41) is 8.44. The first-order chi connectivity index (χ1) is 11.3. The van der Waals surface area contributed by atoms with E-state index in [0.717, 1.165) is 31.3 Å². The molecule has 0 spiro atoms. The first-order valence-corrected chi connectivity index (χ1v) is 7.65. The van der Waals surface area contributed by atoms with E-state index in [0.29, 0.717) is 0 Å². The van der Waals surface area contributed by atoms with Crippen molar-refractivity contribution in [2.75, 3.05) is 0 Å². The van der Waals surface area contributed by atoms with Crippen molar-refractivity contribution in [3.05, 3.63) is 83.4 Å². The van der Waals surface area contributed by atoms with Gasteiger partial charge in [-0.25, -0.2) is 4.79 Å². The van der Waals surface area contributed by atoms with E-state index in [1.165, 1.54) is 23.5 Å². The van der Waals surface area contributed by atoms with Crippen LogP contribution in [0.1, 0.15) is 24.0 Å². The SMILES string of the molecule is N#COC(=O)C=C(CCc1ccccc1)CCc1ccccc1. The molecule has 116 valence electrons. The van der Waals surface area contributed by atoms with Crippen molar-refractivity contribution >= 4 is 5.97 Å². The predicted molar refractivity (Wildman–Crippen MR) is 89.3 cm³/mol. The Labute approximate surface area is 136 Å². The third-order valence-corrected chi connectivity index (χ3v) is 3.62. The number of hydrogen-bond donors (Lipinski definition) is 0. The van der Waals surface area contributed by atoms with Gasteiger partial charge in [0.05, 0.1) is 0 Å². The lowest BCUT2D eigenvalue weighted by Gasteiger charge is -2.08. The normalized spacial score (nSPS) is 9.70. The molecule has 0 aromatic heterocycles. The average molecular weight is 305 g/mol. The Hall–Kier alpha value is -2.86. The maximum atomic E-state index is 11.6. The van der Waals surface area contributed by atoms with Gasteiger partial charge in [0, 0.05) is 6.08 Å². The molecule has 2 aromatic rings. The fourth-order valence-corrected chi connectivity index (χ4v) is 2.41. The molecule has 2 rings (SSSR count). The zero-order valence-corrected chi connectivity index (χ0v) is 12.9. The van der Waals surface area contributed by atoms with Gasteiger partial charge in [0.25, 0.3) is 6.26 Å². The van der Waals surface area contributed by atoms with Crippen molar-refractivity contribution in [3.8, 4) is 6.26 Å². The largest absolute Gasteiger partial charge is 0.347 e. The first-order valence-electron chi connectivity index (χ1n) is 7.65. The van der Waals surface area contributed by atoms with Crippen LogP contribution in [0, 0.1) is 11.5 Å². The maximum absolute atomic E-state index is 11.6. The van der Waals surface area contributed by atoms with Crippen LogP contribution >= 0.6 is 0 Å². The molecule has 3 heteroatoms. The maximum Gasteiger partial charge on any atom is 0.346 e. The summed E-state index contributed by atoms with van der Waals surface area (Å²) < 4.78 is 4.37. The van der Waals surface area contributed by atoms with Crippen LogP contribution < -0.4 is 0 Å². The number of benzene rings is 2. The van der Waals surface area contributed by atoms with Gasteiger partial charge in [-0.3, -0.25) is 0 Å². The van der Waals surface area contributed by atoms with E-state index in [1.54, 1.807) is 0 Å². The molecule has 2 aromatic carbocycles. The number of esters is 1. The predicted octanol–water partition coefficient (Wildman–Crippen LogP) is 4.20. The number of aryl methyl sites for hydroxylation is 2. The highest BCUT2D eigenvalue weighted by Crippen LogP contribution is 2.16. The van der Waals surface area contributed by atoms with E-state index in [4.69, 9.17) is 5.26 Å². The van der Waals surface area contributed by atoms with Gasteiger partial charge in [-0.05, 0) is 36.8 Å². The molecule has 0 fully saturated rings. The third kappa shape index (κ3) is 6.19. The average Bonchev–Trinajstić information content (AvgIpc) is 2.59. The molecule has 0 heterocycles. The third-order valence-electron chi connectivity index (χ3n) is 3.62. The molecule has 0 radical (unpaired) electrons. The number of allylic oxidation sites excluding steroid dienone is 1. The molecular formula is C20H19NO2. The Morgan fingerprint density at radius 3 is 1.83 bits per heavy atom. The number of nitrogens with zero attached hydrogens (tertiary/aromatic N) is 1. The summed E-state index contributed by atoms with van der Waals surface area (Å²) >= 11 is 0. The van der Waals surface area contributed by atoms with E-state index in [9.17, 15) is 4.79 Å². The highest BCUT2D eigenvalue weighted by atomic mass is 16.5. The van der Waals surface area contributed by atoms with Crippen LogP contribution in [0.25, 0.3) is 0 Å². The number of rotatable bonds is 7. The number of carbonyl (C=O) groups excluding carboxylic acids is 1. The highest BCUT2D eigenvalue weighted by molar-refractivity contribution is 5.83. The van der Waals surface area contributed by atoms with Gasteiger partial charge in [0.2, 0.25) is 0 Å². The lowest BCUT2D eigenvalue weighted by molar-refractivity contribution is -0.131. The lowest BCUT2D eigenvalue weighted by atomic mass is 9.98. The van der Waals surface area contributed by atoms with Crippen molar-refractivity contribution in [1.29, 1.82) is 5.26 Å². The zero-order valence-electron chi connectivity index (χ0n) is 12.9. The van der Waals surface area contributed by atoms with Gasteiger partial charge in [-0.1, -0.05) is 66.2 Å². The van der Waals surface area contributed by atoms with Gasteiger partial charge in [0.1, 0.15) is 0 Å². The topological polar surface area (TPSA) is 50.1 Å². The second-order valence-electron chi connectivity index (χ2n) is 5.29.